The molecule has 3 saturated carbocycles. The molecule has 226 valence electrons. The van der Waals surface area contributed by atoms with Gasteiger partial charge in [0.1, 0.15) is 23.2 Å². The summed E-state index contributed by atoms with van der Waals surface area (Å²) in [6, 6.07) is 15.7. The van der Waals surface area contributed by atoms with Crippen molar-refractivity contribution in [3.05, 3.63) is 84.1 Å². The lowest BCUT2D eigenvalue weighted by molar-refractivity contribution is -0.148. The van der Waals surface area contributed by atoms with Crippen LogP contribution in [0.15, 0.2) is 66.9 Å². The molecule has 0 radical (unpaired) electrons. The highest BCUT2D eigenvalue weighted by Gasteiger charge is 2.47. The van der Waals surface area contributed by atoms with Gasteiger partial charge in [0.05, 0.1) is 28.4 Å². The molecular weight excluding hydrogens is 580 g/mol. The Bertz CT molecular complexity index is 2020. The van der Waals surface area contributed by atoms with Gasteiger partial charge in [0.25, 0.3) is 5.91 Å². The SMILES string of the molecule is O=C1Nc2ccccc2Oc2cc(-c3cc(N[C@@H]4C5CCC(CC5)[C@H]4C(=O)O)nc(-c4c[nH]c5c(F)cc(F)cc45)n3)ccc21. The van der Waals surface area contributed by atoms with Gasteiger partial charge in [-0.25, -0.2) is 18.7 Å². The minimum Gasteiger partial charge on any atom is -0.481 e. The second-order valence-electron chi connectivity index (χ2n) is 11.9. The molecule has 3 heterocycles. The van der Waals surface area contributed by atoms with E-state index in [9.17, 15) is 23.5 Å². The van der Waals surface area contributed by atoms with E-state index in [1.807, 2.05) is 6.07 Å². The number of ether oxygens (including phenoxy) is 1. The Labute approximate surface area is 255 Å². The lowest BCUT2D eigenvalue weighted by atomic mass is 9.61. The van der Waals surface area contributed by atoms with Gasteiger partial charge in [0.15, 0.2) is 11.6 Å². The molecule has 45 heavy (non-hydrogen) atoms. The Balaban J connectivity index is 1.26. The van der Waals surface area contributed by atoms with Crippen molar-refractivity contribution in [2.45, 2.75) is 31.7 Å². The lowest BCUT2D eigenvalue weighted by Crippen LogP contribution is -2.51. The minimum atomic E-state index is -0.833. The molecule has 9 nitrogen and oxygen atoms in total. The first kappa shape index (κ1) is 27.2. The number of para-hydroxylation sites is 2. The molecule has 9 rings (SSSR count). The number of benzene rings is 3. The van der Waals surface area contributed by atoms with Crippen LogP contribution < -0.4 is 15.4 Å². The fourth-order valence-electron chi connectivity index (χ4n) is 7.23. The fourth-order valence-corrected chi connectivity index (χ4v) is 7.23. The number of halogens is 2. The van der Waals surface area contributed by atoms with E-state index in [0.29, 0.717) is 45.4 Å². The van der Waals surface area contributed by atoms with E-state index >= 15 is 0 Å². The van der Waals surface area contributed by atoms with Gasteiger partial charge in [0, 0.05) is 40.9 Å². The number of nitrogens with one attached hydrogen (secondary N) is 3. The molecule has 4 N–H and O–H groups in total. The van der Waals surface area contributed by atoms with Gasteiger partial charge in [-0.2, -0.15) is 0 Å². The predicted octanol–water partition coefficient (Wildman–Crippen LogP) is 7.23. The van der Waals surface area contributed by atoms with E-state index in [1.54, 1.807) is 42.5 Å². The molecule has 5 aromatic rings. The summed E-state index contributed by atoms with van der Waals surface area (Å²) < 4.78 is 35.1. The summed E-state index contributed by atoms with van der Waals surface area (Å²) in [5.41, 5.74) is 2.44. The van der Waals surface area contributed by atoms with E-state index in [-0.39, 0.29) is 40.5 Å². The highest BCUT2D eigenvalue weighted by molar-refractivity contribution is 6.08. The minimum absolute atomic E-state index is 0.0844. The van der Waals surface area contributed by atoms with Gasteiger partial charge in [-0.3, -0.25) is 9.59 Å². The number of nitrogens with zero attached hydrogens (tertiary/aromatic N) is 2. The average Bonchev–Trinajstić information content (AvgIpc) is 3.40. The molecule has 0 unspecified atom stereocenters. The maximum Gasteiger partial charge on any atom is 0.308 e. The second-order valence-corrected chi connectivity index (χ2v) is 11.9. The normalized spacial score (nSPS) is 21.8. The topological polar surface area (TPSA) is 129 Å². The van der Waals surface area contributed by atoms with E-state index in [4.69, 9.17) is 14.7 Å². The Morgan fingerprint density at radius 1 is 0.933 bits per heavy atom. The van der Waals surface area contributed by atoms with Crippen LogP contribution in [0, 0.1) is 29.4 Å². The van der Waals surface area contributed by atoms with E-state index in [2.05, 4.69) is 15.6 Å². The van der Waals surface area contributed by atoms with Crippen LogP contribution in [0.3, 0.4) is 0 Å². The van der Waals surface area contributed by atoms with Crippen molar-refractivity contribution in [2.75, 3.05) is 10.6 Å². The first-order valence-electron chi connectivity index (χ1n) is 14.9. The van der Waals surface area contributed by atoms with Gasteiger partial charge in [-0.1, -0.05) is 18.2 Å². The van der Waals surface area contributed by atoms with Crippen molar-refractivity contribution >= 4 is 34.3 Å². The zero-order valence-electron chi connectivity index (χ0n) is 23.8. The Morgan fingerprint density at radius 3 is 2.56 bits per heavy atom. The zero-order chi connectivity index (χ0) is 30.8. The molecule has 1 aliphatic heterocycles. The number of aromatic nitrogens is 3. The third kappa shape index (κ3) is 4.66. The van der Waals surface area contributed by atoms with Crippen LogP contribution in [-0.4, -0.2) is 38.0 Å². The van der Waals surface area contributed by atoms with Crippen molar-refractivity contribution < 1.29 is 28.2 Å². The van der Waals surface area contributed by atoms with Crippen LogP contribution in [0.2, 0.25) is 0 Å². The number of carboxylic acids is 1. The fraction of sp³-hybridized carbons (Fsp3) is 0.235. The summed E-state index contributed by atoms with van der Waals surface area (Å²) in [6.07, 6.45) is 5.17. The highest BCUT2D eigenvalue weighted by Crippen LogP contribution is 2.47. The molecule has 3 aliphatic carbocycles. The summed E-state index contributed by atoms with van der Waals surface area (Å²) in [4.78, 5) is 37.8. The van der Waals surface area contributed by atoms with Crippen LogP contribution >= 0.6 is 0 Å². The first-order valence-corrected chi connectivity index (χ1v) is 14.9. The smallest absolute Gasteiger partial charge is 0.308 e. The Morgan fingerprint density at radius 2 is 1.73 bits per heavy atom. The maximum atomic E-state index is 14.6. The number of fused-ring (bicyclic) bond motifs is 6. The first-order chi connectivity index (χ1) is 21.8. The monoisotopic (exact) mass is 607 g/mol. The van der Waals surface area contributed by atoms with E-state index < -0.39 is 23.5 Å². The van der Waals surface area contributed by atoms with Gasteiger partial charge in [-0.15, -0.1) is 0 Å². The lowest BCUT2D eigenvalue weighted by Gasteiger charge is -2.47. The molecular formula is C34H27F2N5O4. The van der Waals surface area contributed by atoms with Crippen LogP contribution in [0.25, 0.3) is 33.5 Å². The molecule has 2 aromatic heterocycles. The van der Waals surface area contributed by atoms with Gasteiger partial charge >= 0.3 is 5.97 Å². The molecule has 11 heteroatoms. The number of aliphatic carboxylic acids is 1. The summed E-state index contributed by atoms with van der Waals surface area (Å²) in [5, 5.41) is 16.7. The van der Waals surface area contributed by atoms with Crippen LogP contribution in [0.5, 0.6) is 11.5 Å². The van der Waals surface area contributed by atoms with Crippen molar-refractivity contribution in [3.63, 3.8) is 0 Å². The number of aromatic amines is 1. The Hall–Kier alpha value is -5.32. The molecule has 1 amide bonds. The quantitative estimate of drug-likeness (QED) is 0.166. The van der Waals surface area contributed by atoms with Crippen LogP contribution in [0.1, 0.15) is 36.0 Å². The standard InChI is InChI=1S/C34H27F2N5O4/c35-19-12-21-22(15-37-31(21)23(36)13-19)32-38-25(14-28(41-32)40-30-17-7-5-16(6-8-17)29(30)34(43)44)18-9-10-20-27(11-18)45-26-4-2-1-3-24(26)39-33(20)42/h1-4,9-17,29-30,37H,5-8H2,(H,39,42)(H,43,44)(H,38,40,41)/t16?,17?,29-,30-/m1/s1. The molecule has 0 spiro atoms. The highest BCUT2D eigenvalue weighted by atomic mass is 19.1. The molecule has 4 aliphatic rings. The van der Waals surface area contributed by atoms with Gasteiger partial charge in [-0.05, 0) is 67.9 Å². The second kappa shape index (κ2) is 10.4. The number of carbonyl (C=O) groups excluding carboxylic acids is 1. The summed E-state index contributed by atoms with van der Waals surface area (Å²) in [6.45, 7) is 0. The number of hydrogen-bond acceptors (Lipinski definition) is 6. The molecule has 3 fully saturated rings. The third-order valence-corrected chi connectivity index (χ3v) is 9.37. The zero-order valence-corrected chi connectivity index (χ0v) is 23.8. The molecule has 2 bridgehead atoms. The largest absolute Gasteiger partial charge is 0.481 e. The Kier molecular flexibility index (Phi) is 6.29. The van der Waals surface area contributed by atoms with Gasteiger partial charge in [0.2, 0.25) is 0 Å². The molecule has 3 aromatic carbocycles. The third-order valence-electron chi connectivity index (χ3n) is 9.37. The number of anilines is 2. The molecule has 0 saturated heterocycles. The summed E-state index contributed by atoms with van der Waals surface area (Å²) >= 11 is 0. The number of carboxylic acid groups (broad SMARTS) is 1. The van der Waals surface area contributed by atoms with Crippen molar-refractivity contribution in [1.82, 2.24) is 15.0 Å². The van der Waals surface area contributed by atoms with Crippen LogP contribution in [0.4, 0.5) is 20.3 Å². The van der Waals surface area contributed by atoms with E-state index in [0.717, 1.165) is 31.7 Å². The number of amides is 1. The molecule has 2 atom stereocenters. The van der Waals surface area contributed by atoms with Crippen molar-refractivity contribution in [2.24, 2.45) is 17.8 Å². The van der Waals surface area contributed by atoms with Gasteiger partial charge < -0.3 is 25.5 Å². The van der Waals surface area contributed by atoms with Crippen molar-refractivity contribution in [1.29, 1.82) is 0 Å². The maximum absolute atomic E-state index is 14.6. The number of rotatable bonds is 5. The number of carbonyl (C=O) groups is 2. The van der Waals surface area contributed by atoms with E-state index in [1.165, 1.54) is 12.3 Å². The van der Waals surface area contributed by atoms with Crippen LogP contribution in [-0.2, 0) is 4.79 Å². The summed E-state index contributed by atoms with van der Waals surface area (Å²) in [7, 11) is 0. The number of hydrogen-bond donors (Lipinski definition) is 4. The number of H-pyrrole nitrogens is 1. The average molecular weight is 608 g/mol. The summed E-state index contributed by atoms with van der Waals surface area (Å²) in [5.74, 6) is -1.53. The van der Waals surface area contributed by atoms with Crippen molar-refractivity contribution in [3.8, 4) is 34.1 Å². The predicted molar refractivity (Wildman–Crippen MR) is 163 cm³/mol.